The second-order valence-electron chi connectivity index (χ2n) is 3.82. The number of nitrogens with zero attached hydrogens (tertiary/aromatic N) is 3. The van der Waals surface area contributed by atoms with Gasteiger partial charge in [0, 0.05) is 17.8 Å². The minimum Gasteiger partial charge on any atom is -0.383 e. The standard InChI is InChI=1S/C11H13BrN4/c1-7(2)16-10(9(12)6-15-16)8-4-3-5-14-11(8)13/h3-7H,1-2H3,(H2,13,14). The summed E-state index contributed by atoms with van der Waals surface area (Å²) in [6.07, 6.45) is 3.46. The molecule has 0 saturated carbocycles. The first-order valence-electron chi connectivity index (χ1n) is 5.05. The van der Waals surface area contributed by atoms with Crippen molar-refractivity contribution in [3.8, 4) is 11.3 Å². The van der Waals surface area contributed by atoms with Crippen molar-refractivity contribution < 1.29 is 0 Å². The lowest BCUT2D eigenvalue weighted by Crippen LogP contribution is -2.06. The van der Waals surface area contributed by atoms with Crippen LogP contribution in [0.1, 0.15) is 19.9 Å². The predicted molar refractivity (Wildman–Crippen MR) is 68.0 cm³/mol. The SMILES string of the molecule is CC(C)n1ncc(Br)c1-c1cccnc1N. The molecule has 0 atom stereocenters. The van der Waals surface area contributed by atoms with Crippen LogP contribution in [0.2, 0.25) is 0 Å². The van der Waals surface area contributed by atoms with E-state index in [1.54, 1.807) is 12.4 Å². The molecule has 0 unspecified atom stereocenters. The fourth-order valence-electron chi connectivity index (χ4n) is 1.60. The number of rotatable bonds is 2. The Labute approximate surface area is 103 Å². The van der Waals surface area contributed by atoms with Crippen molar-refractivity contribution in [1.29, 1.82) is 0 Å². The van der Waals surface area contributed by atoms with Crippen LogP contribution in [0.15, 0.2) is 29.0 Å². The topological polar surface area (TPSA) is 56.7 Å². The molecular formula is C11H13BrN4. The molecule has 5 heteroatoms. The van der Waals surface area contributed by atoms with Crippen LogP contribution >= 0.6 is 15.9 Å². The third-order valence-electron chi connectivity index (χ3n) is 2.33. The van der Waals surface area contributed by atoms with Crippen LogP contribution in [0.3, 0.4) is 0 Å². The van der Waals surface area contributed by atoms with Gasteiger partial charge in [-0.05, 0) is 41.9 Å². The molecule has 2 aromatic heterocycles. The van der Waals surface area contributed by atoms with Crippen molar-refractivity contribution in [1.82, 2.24) is 14.8 Å². The molecule has 0 aliphatic heterocycles. The van der Waals surface area contributed by atoms with Crippen LogP contribution in [0, 0.1) is 0 Å². The average molecular weight is 281 g/mol. The van der Waals surface area contributed by atoms with Crippen molar-refractivity contribution in [3.63, 3.8) is 0 Å². The fourth-order valence-corrected chi connectivity index (χ4v) is 2.09. The number of halogens is 1. The van der Waals surface area contributed by atoms with Gasteiger partial charge in [-0.15, -0.1) is 0 Å². The van der Waals surface area contributed by atoms with E-state index in [2.05, 4.69) is 39.9 Å². The number of anilines is 1. The molecule has 0 saturated heterocycles. The van der Waals surface area contributed by atoms with Crippen molar-refractivity contribution in [2.45, 2.75) is 19.9 Å². The van der Waals surface area contributed by atoms with Gasteiger partial charge < -0.3 is 5.73 Å². The molecule has 2 heterocycles. The number of nitrogen functional groups attached to an aromatic ring is 1. The molecule has 84 valence electrons. The Morgan fingerprint density at radius 1 is 1.44 bits per heavy atom. The molecule has 0 radical (unpaired) electrons. The second-order valence-corrected chi connectivity index (χ2v) is 4.67. The van der Waals surface area contributed by atoms with Crippen LogP contribution in [0.25, 0.3) is 11.3 Å². The van der Waals surface area contributed by atoms with Gasteiger partial charge in [-0.1, -0.05) is 0 Å². The van der Waals surface area contributed by atoms with Gasteiger partial charge in [-0.25, -0.2) is 4.98 Å². The molecule has 0 aliphatic rings. The molecule has 0 bridgehead atoms. The van der Waals surface area contributed by atoms with Gasteiger partial charge in [-0.3, -0.25) is 4.68 Å². The molecule has 2 rings (SSSR count). The fraction of sp³-hybridized carbons (Fsp3) is 0.273. The summed E-state index contributed by atoms with van der Waals surface area (Å²) in [6, 6.07) is 4.10. The van der Waals surface area contributed by atoms with Gasteiger partial charge in [0.1, 0.15) is 5.82 Å². The van der Waals surface area contributed by atoms with Crippen molar-refractivity contribution in [3.05, 3.63) is 29.0 Å². The summed E-state index contributed by atoms with van der Waals surface area (Å²) in [5, 5.41) is 4.32. The molecule has 0 spiro atoms. The van der Waals surface area contributed by atoms with Gasteiger partial charge in [-0.2, -0.15) is 5.10 Å². The van der Waals surface area contributed by atoms with Crippen molar-refractivity contribution in [2.24, 2.45) is 0 Å². The summed E-state index contributed by atoms with van der Waals surface area (Å²) >= 11 is 3.49. The Kier molecular flexibility index (Phi) is 2.96. The largest absolute Gasteiger partial charge is 0.383 e. The summed E-state index contributed by atoms with van der Waals surface area (Å²) in [5.41, 5.74) is 7.75. The molecule has 0 aliphatic carbocycles. The van der Waals surface area contributed by atoms with E-state index in [1.165, 1.54) is 0 Å². The number of aromatic nitrogens is 3. The van der Waals surface area contributed by atoms with Crippen molar-refractivity contribution in [2.75, 3.05) is 5.73 Å². The van der Waals surface area contributed by atoms with E-state index in [4.69, 9.17) is 5.73 Å². The first-order chi connectivity index (χ1) is 7.61. The zero-order valence-corrected chi connectivity index (χ0v) is 10.8. The lowest BCUT2D eigenvalue weighted by atomic mass is 10.2. The first kappa shape index (κ1) is 11.1. The van der Waals surface area contributed by atoms with Gasteiger partial charge >= 0.3 is 0 Å². The first-order valence-corrected chi connectivity index (χ1v) is 5.84. The van der Waals surface area contributed by atoms with Crippen LogP contribution < -0.4 is 5.73 Å². The number of hydrogen-bond acceptors (Lipinski definition) is 3. The molecule has 2 N–H and O–H groups in total. The Morgan fingerprint density at radius 2 is 2.19 bits per heavy atom. The molecule has 4 nitrogen and oxygen atoms in total. The number of nitrogens with two attached hydrogens (primary N) is 1. The van der Waals surface area contributed by atoms with Crippen LogP contribution in [-0.2, 0) is 0 Å². The minimum atomic E-state index is 0.279. The van der Waals surface area contributed by atoms with E-state index in [1.807, 2.05) is 16.8 Å². The molecule has 0 amide bonds. The summed E-state index contributed by atoms with van der Waals surface area (Å²) in [7, 11) is 0. The lowest BCUT2D eigenvalue weighted by molar-refractivity contribution is 0.538. The molecule has 0 fully saturated rings. The van der Waals surface area contributed by atoms with Crippen LogP contribution in [-0.4, -0.2) is 14.8 Å². The maximum absolute atomic E-state index is 5.88. The lowest BCUT2D eigenvalue weighted by Gasteiger charge is -2.12. The maximum atomic E-state index is 5.88. The van der Waals surface area contributed by atoms with E-state index in [9.17, 15) is 0 Å². The van der Waals surface area contributed by atoms with Gasteiger partial charge in [0.2, 0.25) is 0 Å². The monoisotopic (exact) mass is 280 g/mol. The smallest absolute Gasteiger partial charge is 0.132 e. The van der Waals surface area contributed by atoms with E-state index >= 15 is 0 Å². The van der Waals surface area contributed by atoms with Crippen LogP contribution in [0.5, 0.6) is 0 Å². The summed E-state index contributed by atoms with van der Waals surface area (Å²) in [5.74, 6) is 0.519. The van der Waals surface area contributed by atoms with Crippen molar-refractivity contribution >= 4 is 21.7 Å². The molecular weight excluding hydrogens is 268 g/mol. The summed E-state index contributed by atoms with van der Waals surface area (Å²) in [4.78, 5) is 4.09. The molecule has 2 aromatic rings. The highest BCUT2D eigenvalue weighted by Gasteiger charge is 2.15. The third kappa shape index (κ3) is 1.82. The number of hydrogen-bond donors (Lipinski definition) is 1. The van der Waals surface area contributed by atoms with Gasteiger partial charge in [0.15, 0.2) is 0 Å². The Hall–Kier alpha value is -1.36. The molecule has 16 heavy (non-hydrogen) atoms. The summed E-state index contributed by atoms with van der Waals surface area (Å²) < 4.78 is 2.86. The third-order valence-corrected chi connectivity index (χ3v) is 2.91. The van der Waals surface area contributed by atoms with E-state index in [0.29, 0.717) is 5.82 Å². The highest BCUT2D eigenvalue weighted by atomic mass is 79.9. The second kappa shape index (κ2) is 4.25. The average Bonchev–Trinajstić information content (AvgIpc) is 2.61. The highest BCUT2D eigenvalue weighted by Crippen LogP contribution is 2.32. The zero-order valence-electron chi connectivity index (χ0n) is 9.18. The highest BCUT2D eigenvalue weighted by molar-refractivity contribution is 9.10. The predicted octanol–water partition coefficient (Wildman–Crippen LogP) is 2.87. The Morgan fingerprint density at radius 3 is 2.81 bits per heavy atom. The van der Waals surface area contributed by atoms with Gasteiger partial charge in [0.05, 0.1) is 16.4 Å². The van der Waals surface area contributed by atoms with E-state index in [-0.39, 0.29) is 6.04 Å². The zero-order chi connectivity index (χ0) is 11.7. The molecule has 0 aromatic carbocycles. The number of pyridine rings is 1. The minimum absolute atomic E-state index is 0.279. The van der Waals surface area contributed by atoms with E-state index in [0.717, 1.165) is 15.7 Å². The normalized spacial score (nSPS) is 11.0. The Balaban J connectivity index is 2.64. The quantitative estimate of drug-likeness (QED) is 0.920. The van der Waals surface area contributed by atoms with Crippen LogP contribution in [0.4, 0.5) is 5.82 Å². The summed E-state index contributed by atoms with van der Waals surface area (Å²) in [6.45, 7) is 4.16. The Bertz CT molecular complexity index is 504. The van der Waals surface area contributed by atoms with E-state index < -0.39 is 0 Å². The van der Waals surface area contributed by atoms with Gasteiger partial charge in [0.25, 0.3) is 0 Å². The maximum Gasteiger partial charge on any atom is 0.132 e.